The Hall–Kier alpha value is -1.98. The summed E-state index contributed by atoms with van der Waals surface area (Å²) in [5.74, 6) is 2.58. The second-order valence-corrected chi connectivity index (χ2v) is 12.7. The first-order valence-corrected chi connectivity index (χ1v) is 12.7. The molecule has 0 heterocycles. The fourth-order valence-corrected chi connectivity index (χ4v) is 5.72. The van der Waals surface area contributed by atoms with Gasteiger partial charge >= 0.3 is 15.6 Å². The van der Waals surface area contributed by atoms with E-state index >= 15 is 0 Å². The maximum atomic E-state index is 12.8. The van der Waals surface area contributed by atoms with Gasteiger partial charge in [-0.2, -0.15) is 21.6 Å². The van der Waals surface area contributed by atoms with Crippen molar-refractivity contribution in [3.63, 3.8) is 0 Å². The zero-order valence-electron chi connectivity index (χ0n) is 15.4. The van der Waals surface area contributed by atoms with Crippen LogP contribution in [0.3, 0.4) is 0 Å². The van der Waals surface area contributed by atoms with E-state index in [1.807, 2.05) is 0 Å². The molecule has 0 radical (unpaired) electrons. The Labute approximate surface area is 158 Å². The van der Waals surface area contributed by atoms with Crippen LogP contribution in [0.5, 0.6) is 5.75 Å². The summed E-state index contributed by atoms with van der Waals surface area (Å²) < 4.78 is 65.7. The predicted octanol–water partition coefficient (Wildman–Crippen LogP) is 5.47. The quantitative estimate of drug-likeness (QED) is 0.282. The van der Waals surface area contributed by atoms with Gasteiger partial charge in [0.15, 0.2) is 5.75 Å². The van der Waals surface area contributed by atoms with Gasteiger partial charge < -0.3 is 4.18 Å². The van der Waals surface area contributed by atoms with Gasteiger partial charge in [0.2, 0.25) is 0 Å². The monoisotopic (exact) mass is 414 g/mol. The number of rotatable bonds is 5. The lowest BCUT2D eigenvalue weighted by Gasteiger charge is -2.20. The molecule has 8 heteroatoms. The van der Waals surface area contributed by atoms with Gasteiger partial charge in [0, 0.05) is 5.39 Å². The third kappa shape index (κ3) is 4.47. The van der Waals surface area contributed by atoms with E-state index in [0.717, 1.165) is 23.5 Å². The van der Waals surface area contributed by atoms with Crippen molar-refractivity contribution in [3.05, 3.63) is 42.0 Å². The number of fused-ring (bicyclic) bond motifs is 1. The Morgan fingerprint density at radius 3 is 2.15 bits per heavy atom. The van der Waals surface area contributed by atoms with Gasteiger partial charge in [0.05, 0.1) is 5.56 Å². The van der Waals surface area contributed by atoms with Crippen molar-refractivity contribution in [3.8, 4) is 17.2 Å². The van der Waals surface area contributed by atoms with Crippen molar-refractivity contribution >= 4 is 29.0 Å². The van der Waals surface area contributed by atoms with E-state index in [0.29, 0.717) is 5.39 Å². The average molecular weight is 415 g/mol. The first-order valence-electron chi connectivity index (χ1n) is 8.65. The Morgan fingerprint density at radius 1 is 1.00 bits per heavy atom. The van der Waals surface area contributed by atoms with Crippen molar-refractivity contribution in [1.29, 1.82) is 0 Å². The predicted molar refractivity (Wildman–Crippen MR) is 104 cm³/mol. The van der Waals surface area contributed by atoms with Crippen LogP contribution < -0.4 is 4.18 Å². The van der Waals surface area contributed by atoms with E-state index < -0.39 is 29.4 Å². The molecule has 0 fully saturated rings. The molecule has 0 unspecified atom stereocenters. The van der Waals surface area contributed by atoms with E-state index in [1.54, 1.807) is 24.3 Å². The maximum absolute atomic E-state index is 12.8. The Bertz CT molecular complexity index is 976. The third-order valence-electron chi connectivity index (χ3n) is 4.86. The summed E-state index contributed by atoms with van der Waals surface area (Å²) in [5, 5.41) is 1.31. The van der Waals surface area contributed by atoms with Gasteiger partial charge in [-0.15, -0.1) is 5.54 Å². The molecule has 0 atom stereocenters. The maximum Gasteiger partial charge on any atom is 0.534 e. The van der Waals surface area contributed by atoms with Crippen LogP contribution in [-0.4, -0.2) is 22.0 Å². The number of hydrogen-bond donors (Lipinski definition) is 0. The molecule has 0 amide bonds. The Kier molecular flexibility index (Phi) is 6.27. The zero-order chi connectivity index (χ0) is 20.3. The van der Waals surface area contributed by atoms with Gasteiger partial charge in [-0.05, 0) is 29.6 Å². The summed E-state index contributed by atoms with van der Waals surface area (Å²) >= 11 is 0. The minimum atomic E-state index is -5.77. The molecule has 0 aliphatic heterocycles. The van der Waals surface area contributed by atoms with E-state index in [4.69, 9.17) is 0 Å². The van der Waals surface area contributed by atoms with Crippen LogP contribution in [0.4, 0.5) is 13.2 Å². The van der Waals surface area contributed by atoms with E-state index in [-0.39, 0.29) is 5.56 Å². The second-order valence-electron chi connectivity index (χ2n) is 6.23. The molecule has 2 aromatic carbocycles. The molecule has 0 saturated heterocycles. The molecule has 0 N–H and O–H groups in total. The lowest BCUT2D eigenvalue weighted by Crippen LogP contribution is -2.29. The molecule has 0 saturated carbocycles. The fraction of sp³-hybridized carbons (Fsp3) is 0.368. The topological polar surface area (TPSA) is 43.4 Å². The number of alkyl halides is 3. The molecule has 146 valence electrons. The first-order chi connectivity index (χ1) is 12.6. The van der Waals surface area contributed by atoms with Crippen molar-refractivity contribution in [2.75, 3.05) is 0 Å². The molecule has 0 aliphatic rings. The third-order valence-corrected chi connectivity index (χ3v) is 10.5. The molecular weight excluding hydrogens is 393 g/mol. The number of halogens is 3. The van der Waals surface area contributed by atoms with Gasteiger partial charge in [-0.3, -0.25) is 0 Å². The number of hydrogen-bond acceptors (Lipinski definition) is 3. The molecule has 2 aromatic rings. The largest absolute Gasteiger partial charge is 0.534 e. The smallest absolute Gasteiger partial charge is 0.375 e. The lowest BCUT2D eigenvalue weighted by molar-refractivity contribution is -0.0500. The van der Waals surface area contributed by atoms with Crippen LogP contribution in [0.15, 0.2) is 36.4 Å². The molecule has 0 spiro atoms. The number of benzene rings is 2. The average Bonchev–Trinajstić information content (AvgIpc) is 2.63. The van der Waals surface area contributed by atoms with E-state index in [2.05, 4.69) is 36.4 Å². The normalized spacial score (nSPS) is 12.5. The van der Waals surface area contributed by atoms with Gasteiger partial charge in [-0.1, -0.05) is 57.0 Å². The molecule has 27 heavy (non-hydrogen) atoms. The van der Waals surface area contributed by atoms with Gasteiger partial charge in [0.1, 0.15) is 8.07 Å². The van der Waals surface area contributed by atoms with Gasteiger partial charge in [0.25, 0.3) is 0 Å². The van der Waals surface area contributed by atoms with Crippen LogP contribution in [0.1, 0.15) is 26.3 Å². The van der Waals surface area contributed by atoms with Crippen LogP contribution in [-0.2, 0) is 10.1 Å². The summed E-state index contributed by atoms with van der Waals surface area (Å²) in [6, 6.07) is 12.5. The SMILES string of the molecule is CC[Si](C#Cc1c(OS(=O)(=O)C(F)(F)F)ccc2ccccc12)(CC)CC. The van der Waals surface area contributed by atoms with Crippen LogP contribution >= 0.6 is 0 Å². The zero-order valence-corrected chi connectivity index (χ0v) is 17.2. The minimum Gasteiger partial charge on any atom is -0.375 e. The summed E-state index contributed by atoms with van der Waals surface area (Å²) in [7, 11) is -7.66. The Morgan fingerprint density at radius 2 is 1.59 bits per heavy atom. The van der Waals surface area contributed by atoms with Crippen LogP contribution in [0.25, 0.3) is 10.8 Å². The standard InChI is InChI=1S/C19H21F3O3SSi/c1-4-27(5-2,6-3)14-13-17-16-10-8-7-9-15(16)11-12-18(17)25-26(23,24)19(20,21)22/h7-12H,4-6H2,1-3H3. The molecule has 3 nitrogen and oxygen atoms in total. The van der Waals surface area contributed by atoms with Crippen molar-refractivity contribution in [2.24, 2.45) is 0 Å². The highest BCUT2D eigenvalue weighted by Gasteiger charge is 2.48. The lowest BCUT2D eigenvalue weighted by atomic mass is 10.0. The first kappa shape index (κ1) is 21.3. The van der Waals surface area contributed by atoms with Crippen molar-refractivity contribution < 1.29 is 25.8 Å². The summed E-state index contributed by atoms with van der Waals surface area (Å²) in [6.07, 6.45) is 0. The van der Waals surface area contributed by atoms with E-state index in [1.165, 1.54) is 12.1 Å². The van der Waals surface area contributed by atoms with Crippen LogP contribution in [0.2, 0.25) is 18.1 Å². The fourth-order valence-electron chi connectivity index (χ4n) is 2.83. The van der Waals surface area contributed by atoms with Gasteiger partial charge in [-0.25, -0.2) is 0 Å². The van der Waals surface area contributed by atoms with Crippen LogP contribution in [0, 0.1) is 11.5 Å². The molecule has 0 aliphatic carbocycles. The highest BCUT2D eigenvalue weighted by atomic mass is 32.2. The molecule has 0 bridgehead atoms. The molecule has 2 rings (SSSR count). The van der Waals surface area contributed by atoms with E-state index in [9.17, 15) is 21.6 Å². The Balaban J connectivity index is 2.69. The van der Waals surface area contributed by atoms with Crippen molar-refractivity contribution in [1.82, 2.24) is 0 Å². The summed E-state index contributed by atoms with van der Waals surface area (Å²) in [4.78, 5) is 0. The minimum absolute atomic E-state index is 0.174. The molecular formula is C19H21F3O3SSi. The van der Waals surface area contributed by atoms with Crippen molar-refractivity contribution in [2.45, 2.75) is 44.4 Å². The molecule has 0 aromatic heterocycles. The summed E-state index contributed by atoms with van der Waals surface area (Å²) in [6.45, 7) is 6.17. The highest BCUT2D eigenvalue weighted by Crippen LogP contribution is 2.33. The highest BCUT2D eigenvalue weighted by molar-refractivity contribution is 7.88. The summed E-state index contributed by atoms with van der Waals surface area (Å²) in [5.41, 5.74) is -2.04. The second kappa shape index (κ2) is 7.95.